The molecule has 1 rings (SSSR count). The molecule has 0 bridgehead atoms. The minimum Gasteiger partial charge on any atom is -0.385 e. The van der Waals surface area contributed by atoms with E-state index in [1.165, 1.54) is 6.92 Å². The van der Waals surface area contributed by atoms with Gasteiger partial charge in [0.2, 0.25) is 11.9 Å². The van der Waals surface area contributed by atoms with Crippen LogP contribution in [-0.4, -0.2) is 42.3 Å². The first-order chi connectivity index (χ1) is 8.63. The predicted octanol–water partition coefficient (Wildman–Crippen LogP) is 0.776. The smallest absolute Gasteiger partial charge is 0.216 e. The van der Waals surface area contributed by atoms with Crippen LogP contribution in [0, 0.1) is 6.92 Å². The lowest BCUT2D eigenvalue weighted by Crippen LogP contribution is -2.24. The first-order valence-electron chi connectivity index (χ1n) is 6.14. The van der Waals surface area contributed by atoms with E-state index in [4.69, 9.17) is 4.74 Å². The van der Waals surface area contributed by atoms with Crippen molar-refractivity contribution >= 4 is 11.9 Å². The van der Waals surface area contributed by atoms with Crippen LogP contribution in [0.4, 0.5) is 5.95 Å². The van der Waals surface area contributed by atoms with Crippen molar-refractivity contribution in [2.75, 3.05) is 32.1 Å². The van der Waals surface area contributed by atoms with Crippen LogP contribution in [0.15, 0.2) is 6.20 Å². The second kappa shape index (κ2) is 7.71. The highest BCUT2D eigenvalue weighted by Gasteiger charge is 2.04. The van der Waals surface area contributed by atoms with Crippen molar-refractivity contribution < 1.29 is 9.53 Å². The van der Waals surface area contributed by atoms with Crippen molar-refractivity contribution in [3.8, 4) is 0 Å². The number of nitrogens with one attached hydrogen (secondary N) is 2. The maximum Gasteiger partial charge on any atom is 0.216 e. The number of ether oxygens (including phenoxy) is 1. The van der Waals surface area contributed by atoms with Crippen molar-refractivity contribution in [1.82, 2.24) is 14.9 Å². The lowest BCUT2D eigenvalue weighted by molar-refractivity contribution is -0.118. The number of hydrogen-bond acceptors (Lipinski definition) is 4. The van der Waals surface area contributed by atoms with E-state index in [2.05, 4.69) is 15.6 Å². The molecule has 6 heteroatoms. The van der Waals surface area contributed by atoms with E-state index in [1.54, 1.807) is 7.11 Å². The summed E-state index contributed by atoms with van der Waals surface area (Å²) in [6.07, 6.45) is 2.91. The van der Waals surface area contributed by atoms with Crippen molar-refractivity contribution in [2.45, 2.75) is 26.8 Å². The SMILES string of the molecule is COCCCNc1nc(C)cn1CCNC(C)=O. The van der Waals surface area contributed by atoms with Crippen LogP contribution >= 0.6 is 0 Å². The van der Waals surface area contributed by atoms with E-state index in [9.17, 15) is 4.79 Å². The van der Waals surface area contributed by atoms with Crippen molar-refractivity contribution in [2.24, 2.45) is 0 Å². The third-order valence-electron chi connectivity index (χ3n) is 2.43. The minimum absolute atomic E-state index is 0.0126. The molecule has 0 aliphatic rings. The van der Waals surface area contributed by atoms with Crippen LogP contribution in [0.3, 0.4) is 0 Å². The van der Waals surface area contributed by atoms with E-state index in [0.29, 0.717) is 13.1 Å². The molecule has 1 heterocycles. The van der Waals surface area contributed by atoms with Gasteiger partial charge in [-0.05, 0) is 13.3 Å². The molecule has 0 aromatic carbocycles. The number of rotatable bonds is 8. The predicted molar refractivity (Wildman–Crippen MR) is 70.6 cm³/mol. The topological polar surface area (TPSA) is 68.2 Å². The number of imidazole rings is 1. The Bertz CT molecular complexity index is 376. The molecule has 0 radical (unpaired) electrons. The third kappa shape index (κ3) is 5.18. The van der Waals surface area contributed by atoms with E-state index < -0.39 is 0 Å². The molecule has 18 heavy (non-hydrogen) atoms. The van der Waals surface area contributed by atoms with Gasteiger partial charge in [-0.15, -0.1) is 0 Å². The second-order valence-corrected chi connectivity index (χ2v) is 4.16. The first kappa shape index (κ1) is 14.5. The van der Waals surface area contributed by atoms with Crippen LogP contribution < -0.4 is 10.6 Å². The number of carbonyl (C=O) groups is 1. The highest BCUT2D eigenvalue weighted by atomic mass is 16.5. The lowest BCUT2D eigenvalue weighted by Gasteiger charge is -2.09. The van der Waals surface area contributed by atoms with Crippen LogP contribution in [-0.2, 0) is 16.1 Å². The van der Waals surface area contributed by atoms with Gasteiger partial charge >= 0.3 is 0 Å². The Labute approximate surface area is 108 Å². The molecule has 0 fully saturated rings. The summed E-state index contributed by atoms with van der Waals surface area (Å²) in [4.78, 5) is 15.2. The molecule has 0 saturated heterocycles. The molecule has 0 spiro atoms. The Balaban J connectivity index is 2.43. The third-order valence-corrected chi connectivity index (χ3v) is 2.43. The van der Waals surface area contributed by atoms with Gasteiger partial charge in [-0.25, -0.2) is 4.98 Å². The summed E-state index contributed by atoms with van der Waals surface area (Å²) in [5.74, 6) is 0.829. The van der Waals surface area contributed by atoms with Crippen LogP contribution in [0.5, 0.6) is 0 Å². The number of aryl methyl sites for hydroxylation is 1. The van der Waals surface area contributed by atoms with Gasteiger partial charge in [0.1, 0.15) is 0 Å². The maximum absolute atomic E-state index is 10.8. The zero-order valence-corrected chi connectivity index (χ0v) is 11.3. The quantitative estimate of drug-likeness (QED) is 0.673. The molecule has 1 aromatic heterocycles. The Morgan fingerprint density at radius 2 is 2.28 bits per heavy atom. The fourth-order valence-corrected chi connectivity index (χ4v) is 1.63. The number of anilines is 1. The van der Waals surface area contributed by atoms with Gasteiger partial charge in [-0.1, -0.05) is 0 Å². The van der Waals surface area contributed by atoms with Crippen molar-refractivity contribution in [3.05, 3.63) is 11.9 Å². The molecule has 2 N–H and O–H groups in total. The van der Waals surface area contributed by atoms with E-state index in [1.807, 2.05) is 17.7 Å². The Kier molecular flexibility index (Phi) is 6.21. The molecule has 0 aliphatic carbocycles. The van der Waals surface area contributed by atoms with E-state index >= 15 is 0 Å². The number of methoxy groups -OCH3 is 1. The maximum atomic E-state index is 10.8. The number of carbonyl (C=O) groups excluding carboxylic acids is 1. The molecule has 102 valence electrons. The van der Waals surface area contributed by atoms with Crippen molar-refractivity contribution in [3.63, 3.8) is 0 Å². The monoisotopic (exact) mass is 254 g/mol. The number of nitrogens with zero attached hydrogens (tertiary/aromatic N) is 2. The molecule has 0 atom stereocenters. The van der Waals surface area contributed by atoms with Crippen molar-refractivity contribution in [1.29, 1.82) is 0 Å². The fourth-order valence-electron chi connectivity index (χ4n) is 1.63. The number of aromatic nitrogens is 2. The average molecular weight is 254 g/mol. The van der Waals surface area contributed by atoms with Gasteiger partial charge in [0.25, 0.3) is 0 Å². The zero-order valence-electron chi connectivity index (χ0n) is 11.3. The summed E-state index contributed by atoms with van der Waals surface area (Å²) in [7, 11) is 1.69. The van der Waals surface area contributed by atoms with Crippen LogP contribution in [0.2, 0.25) is 0 Å². The van der Waals surface area contributed by atoms with Crippen LogP contribution in [0.25, 0.3) is 0 Å². The second-order valence-electron chi connectivity index (χ2n) is 4.16. The number of amides is 1. The van der Waals surface area contributed by atoms with Gasteiger partial charge in [0.05, 0.1) is 5.69 Å². The standard InChI is InChI=1S/C12H22N4O2/c1-10-9-16(7-6-13-11(2)17)12(15-10)14-5-4-8-18-3/h9H,4-8H2,1-3H3,(H,13,17)(H,14,15). The fraction of sp³-hybridized carbons (Fsp3) is 0.667. The summed E-state index contributed by atoms with van der Waals surface area (Å²) >= 11 is 0. The Morgan fingerprint density at radius 1 is 1.50 bits per heavy atom. The first-order valence-corrected chi connectivity index (χ1v) is 6.14. The number of hydrogen-bond donors (Lipinski definition) is 2. The lowest BCUT2D eigenvalue weighted by atomic mass is 10.4. The molecule has 0 saturated carbocycles. The highest BCUT2D eigenvalue weighted by molar-refractivity contribution is 5.72. The van der Waals surface area contributed by atoms with Gasteiger partial charge in [-0.3, -0.25) is 4.79 Å². The molecule has 0 unspecified atom stereocenters. The normalized spacial score (nSPS) is 10.4. The largest absolute Gasteiger partial charge is 0.385 e. The summed E-state index contributed by atoms with van der Waals surface area (Å²) in [5, 5.41) is 6.04. The summed E-state index contributed by atoms with van der Waals surface area (Å²) in [5.41, 5.74) is 0.965. The van der Waals surface area contributed by atoms with E-state index in [-0.39, 0.29) is 5.91 Å². The molecular formula is C12H22N4O2. The molecule has 0 aliphatic heterocycles. The van der Waals surface area contributed by atoms with Gasteiger partial charge in [0, 0.05) is 46.5 Å². The summed E-state index contributed by atoms with van der Waals surface area (Å²) < 4.78 is 7.00. The van der Waals surface area contributed by atoms with Crippen LogP contribution in [0.1, 0.15) is 19.0 Å². The molecule has 1 aromatic rings. The Morgan fingerprint density at radius 3 is 2.94 bits per heavy atom. The highest BCUT2D eigenvalue weighted by Crippen LogP contribution is 2.07. The molecule has 6 nitrogen and oxygen atoms in total. The molecule has 1 amide bonds. The van der Waals surface area contributed by atoms with Gasteiger partial charge in [0.15, 0.2) is 0 Å². The molecular weight excluding hydrogens is 232 g/mol. The minimum atomic E-state index is -0.0126. The zero-order chi connectivity index (χ0) is 13.4. The average Bonchev–Trinajstić information content (AvgIpc) is 2.65. The Hall–Kier alpha value is -1.56. The summed E-state index contributed by atoms with van der Waals surface area (Å²) in [6.45, 7) is 6.35. The van der Waals surface area contributed by atoms with E-state index in [0.717, 1.165) is 31.2 Å². The van der Waals surface area contributed by atoms with Gasteiger partial charge < -0.3 is 19.9 Å². The summed E-state index contributed by atoms with van der Waals surface area (Å²) in [6, 6.07) is 0. The van der Waals surface area contributed by atoms with Gasteiger partial charge in [-0.2, -0.15) is 0 Å².